The van der Waals surface area contributed by atoms with Gasteiger partial charge in [-0.25, -0.2) is 0 Å². The van der Waals surface area contributed by atoms with Crippen LogP contribution in [-0.2, 0) is 4.79 Å². The van der Waals surface area contributed by atoms with Crippen LogP contribution in [0.3, 0.4) is 0 Å². The van der Waals surface area contributed by atoms with Crippen LogP contribution in [-0.4, -0.2) is 50.1 Å². The van der Waals surface area contributed by atoms with Gasteiger partial charge >= 0.3 is 5.69 Å². The molecule has 0 aliphatic carbocycles. The molecule has 0 bridgehead atoms. The number of likely N-dealkylation sites (N-methyl/N-ethyl adjacent to an activating group) is 1. The van der Waals surface area contributed by atoms with E-state index in [9.17, 15) is 14.9 Å². The lowest BCUT2D eigenvalue weighted by atomic mass is 10.1. The number of carbonyl (C=O) groups is 1. The maximum Gasteiger partial charge on any atom is 0.314 e. The Morgan fingerprint density at radius 1 is 1.22 bits per heavy atom. The van der Waals surface area contributed by atoms with E-state index in [1.807, 2.05) is 49.3 Å². The SMILES string of the molecule is COc1ccc(OCC(=O)NC[C@H](c2ccccc2)N(C)C)c([N+](=O)[O-])c1. The second-order valence-corrected chi connectivity index (χ2v) is 6.07. The van der Waals surface area contributed by atoms with Gasteiger partial charge in [-0.1, -0.05) is 30.3 Å². The quantitative estimate of drug-likeness (QED) is 0.536. The topological polar surface area (TPSA) is 93.9 Å². The summed E-state index contributed by atoms with van der Waals surface area (Å²) >= 11 is 0. The lowest BCUT2D eigenvalue weighted by Crippen LogP contribution is -2.36. The summed E-state index contributed by atoms with van der Waals surface area (Å²) in [6, 6.07) is 14.0. The third-order valence-electron chi connectivity index (χ3n) is 4.02. The Labute approximate surface area is 157 Å². The highest BCUT2D eigenvalue weighted by molar-refractivity contribution is 5.77. The zero-order chi connectivity index (χ0) is 19.8. The van der Waals surface area contributed by atoms with Gasteiger partial charge in [0.1, 0.15) is 5.75 Å². The van der Waals surface area contributed by atoms with Crippen LogP contribution >= 0.6 is 0 Å². The largest absolute Gasteiger partial charge is 0.496 e. The van der Waals surface area contributed by atoms with E-state index in [0.29, 0.717) is 12.3 Å². The highest BCUT2D eigenvalue weighted by atomic mass is 16.6. The molecule has 1 N–H and O–H groups in total. The van der Waals surface area contributed by atoms with Crippen molar-refractivity contribution < 1.29 is 19.2 Å². The predicted octanol–water partition coefficient (Wildman–Crippen LogP) is 2.40. The molecule has 2 rings (SSSR count). The van der Waals surface area contributed by atoms with Crippen molar-refractivity contribution in [1.82, 2.24) is 10.2 Å². The monoisotopic (exact) mass is 373 g/mol. The summed E-state index contributed by atoms with van der Waals surface area (Å²) < 4.78 is 10.3. The smallest absolute Gasteiger partial charge is 0.314 e. The van der Waals surface area contributed by atoms with Gasteiger partial charge in [0.25, 0.3) is 5.91 Å². The van der Waals surface area contributed by atoms with Crippen molar-refractivity contribution in [3.8, 4) is 11.5 Å². The number of nitro benzene ring substituents is 1. The number of nitrogens with zero attached hydrogens (tertiary/aromatic N) is 2. The van der Waals surface area contributed by atoms with E-state index in [0.717, 1.165) is 5.56 Å². The van der Waals surface area contributed by atoms with E-state index in [2.05, 4.69) is 5.32 Å². The van der Waals surface area contributed by atoms with Crippen molar-refractivity contribution in [2.75, 3.05) is 34.4 Å². The number of rotatable bonds is 9. The highest BCUT2D eigenvalue weighted by Crippen LogP contribution is 2.30. The number of methoxy groups -OCH3 is 1. The van der Waals surface area contributed by atoms with Crippen molar-refractivity contribution >= 4 is 11.6 Å². The average Bonchev–Trinajstić information content (AvgIpc) is 2.66. The van der Waals surface area contributed by atoms with Crippen LogP contribution in [0.5, 0.6) is 11.5 Å². The zero-order valence-electron chi connectivity index (χ0n) is 15.5. The van der Waals surface area contributed by atoms with Gasteiger partial charge in [0, 0.05) is 6.54 Å². The Balaban J connectivity index is 1.95. The minimum atomic E-state index is -0.576. The molecular weight excluding hydrogens is 350 g/mol. The second-order valence-electron chi connectivity index (χ2n) is 6.07. The van der Waals surface area contributed by atoms with E-state index in [1.165, 1.54) is 25.3 Å². The van der Waals surface area contributed by atoms with Gasteiger partial charge in [0.2, 0.25) is 0 Å². The molecule has 1 amide bonds. The number of carbonyl (C=O) groups excluding carboxylic acids is 1. The molecule has 0 aliphatic heterocycles. The van der Waals surface area contributed by atoms with Gasteiger partial charge in [0.05, 0.1) is 24.1 Å². The van der Waals surface area contributed by atoms with Gasteiger partial charge in [-0.3, -0.25) is 14.9 Å². The van der Waals surface area contributed by atoms with E-state index in [1.54, 1.807) is 0 Å². The summed E-state index contributed by atoms with van der Waals surface area (Å²) in [5.74, 6) is 0.00116. The van der Waals surface area contributed by atoms with Crippen molar-refractivity contribution in [1.29, 1.82) is 0 Å². The molecule has 0 fully saturated rings. The first kappa shape index (κ1) is 20.2. The van der Waals surface area contributed by atoms with Gasteiger partial charge in [-0.05, 0) is 31.8 Å². The van der Waals surface area contributed by atoms with E-state index >= 15 is 0 Å². The van der Waals surface area contributed by atoms with Gasteiger partial charge in [0.15, 0.2) is 12.4 Å². The van der Waals surface area contributed by atoms with Gasteiger partial charge in [-0.2, -0.15) is 0 Å². The fourth-order valence-corrected chi connectivity index (χ4v) is 2.57. The molecule has 144 valence electrons. The fraction of sp³-hybridized carbons (Fsp3) is 0.316. The lowest BCUT2D eigenvalue weighted by Gasteiger charge is -2.25. The highest BCUT2D eigenvalue weighted by Gasteiger charge is 2.19. The van der Waals surface area contributed by atoms with Crippen molar-refractivity contribution in [2.24, 2.45) is 0 Å². The Morgan fingerprint density at radius 2 is 1.93 bits per heavy atom. The van der Waals surface area contributed by atoms with Crippen LogP contribution in [0.2, 0.25) is 0 Å². The van der Waals surface area contributed by atoms with E-state index in [4.69, 9.17) is 9.47 Å². The minimum absolute atomic E-state index is 0.00507. The molecule has 0 aromatic heterocycles. The standard InChI is InChI=1S/C19H23N3O5/c1-21(2)17(14-7-5-4-6-8-14)12-20-19(23)13-27-18-10-9-15(26-3)11-16(18)22(24)25/h4-11,17H,12-13H2,1-3H3,(H,20,23)/t17-/m1/s1. The Hall–Kier alpha value is -3.13. The summed E-state index contributed by atoms with van der Waals surface area (Å²) in [4.78, 5) is 24.7. The van der Waals surface area contributed by atoms with Crippen molar-refractivity contribution in [2.45, 2.75) is 6.04 Å². The Bertz CT molecular complexity index is 780. The average molecular weight is 373 g/mol. The first-order chi connectivity index (χ1) is 12.9. The summed E-state index contributed by atoms with van der Waals surface area (Å²) in [7, 11) is 5.28. The molecule has 0 saturated carbocycles. The minimum Gasteiger partial charge on any atom is -0.496 e. The number of nitrogens with one attached hydrogen (secondary N) is 1. The fourth-order valence-electron chi connectivity index (χ4n) is 2.57. The summed E-state index contributed by atoms with van der Waals surface area (Å²) in [5, 5.41) is 13.9. The van der Waals surface area contributed by atoms with Crippen LogP contribution in [0.1, 0.15) is 11.6 Å². The maximum absolute atomic E-state index is 12.1. The van der Waals surface area contributed by atoms with Crippen LogP contribution in [0, 0.1) is 10.1 Å². The molecule has 27 heavy (non-hydrogen) atoms. The molecular formula is C19H23N3O5. The number of hydrogen-bond acceptors (Lipinski definition) is 6. The molecule has 0 spiro atoms. The van der Waals surface area contributed by atoms with E-state index < -0.39 is 4.92 Å². The van der Waals surface area contributed by atoms with Crippen molar-refractivity contribution in [3.05, 3.63) is 64.2 Å². The first-order valence-corrected chi connectivity index (χ1v) is 8.35. The number of benzene rings is 2. The van der Waals surface area contributed by atoms with Gasteiger partial charge in [-0.15, -0.1) is 0 Å². The molecule has 2 aromatic rings. The maximum atomic E-state index is 12.1. The molecule has 1 atom stereocenters. The second kappa shape index (κ2) is 9.54. The number of nitro groups is 1. The summed E-state index contributed by atoms with van der Waals surface area (Å²) in [6.45, 7) is 0.0754. The van der Waals surface area contributed by atoms with E-state index in [-0.39, 0.29) is 30.0 Å². The molecule has 2 aromatic carbocycles. The number of hydrogen-bond donors (Lipinski definition) is 1. The van der Waals surface area contributed by atoms with Crippen LogP contribution < -0.4 is 14.8 Å². The predicted molar refractivity (Wildman–Crippen MR) is 101 cm³/mol. The number of ether oxygens (including phenoxy) is 2. The molecule has 0 unspecified atom stereocenters. The third-order valence-corrected chi connectivity index (χ3v) is 4.02. The van der Waals surface area contributed by atoms with Gasteiger partial charge < -0.3 is 19.7 Å². The van der Waals surface area contributed by atoms with Crippen LogP contribution in [0.15, 0.2) is 48.5 Å². The van der Waals surface area contributed by atoms with Crippen LogP contribution in [0.4, 0.5) is 5.69 Å². The normalized spacial score (nSPS) is 11.7. The zero-order valence-corrected chi connectivity index (χ0v) is 15.5. The van der Waals surface area contributed by atoms with Crippen LogP contribution in [0.25, 0.3) is 0 Å². The van der Waals surface area contributed by atoms with Crippen molar-refractivity contribution in [3.63, 3.8) is 0 Å². The molecule has 8 heteroatoms. The summed E-state index contributed by atoms with van der Waals surface area (Å²) in [6.07, 6.45) is 0. The lowest BCUT2D eigenvalue weighted by molar-refractivity contribution is -0.385. The molecule has 0 aliphatic rings. The first-order valence-electron chi connectivity index (χ1n) is 8.35. The molecule has 8 nitrogen and oxygen atoms in total. The number of amides is 1. The summed E-state index contributed by atoms with van der Waals surface area (Å²) in [5.41, 5.74) is 0.826. The Morgan fingerprint density at radius 3 is 2.52 bits per heavy atom. The Kier molecular flexibility index (Phi) is 7.13. The molecule has 0 saturated heterocycles. The third kappa shape index (κ3) is 5.68. The molecule has 0 heterocycles. The molecule has 0 radical (unpaired) electrons.